The van der Waals surface area contributed by atoms with Crippen LogP contribution in [-0.4, -0.2) is 43.5 Å². The lowest BCUT2D eigenvalue weighted by atomic mass is 10.1. The van der Waals surface area contributed by atoms with E-state index in [1.54, 1.807) is 11.0 Å². The first kappa shape index (κ1) is 18.7. The zero-order valence-corrected chi connectivity index (χ0v) is 16.3. The van der Waals surface area contributed by atoms with Crippen molar-refractivity contribution in [2.24, 2.45) is 0 Å². The van der Waals surface area contributed by atoms with E-state index in [9.17, 15) is 9.59 Å². The van der Waals surface area contributed by atoms with Gasteiger partial charge >= 0.3 is 5.97 Å². The van der Waals surface area contributed by atoms with Gasteiger partial charge in [0.25, 0.3) is 5.91 Å². The van der Waals surface area contributed by atoms with Crippen molar-refractivity contribution in [1.29, 1.82) is 0 Å². The molecule has 146 valence electrons. The molecule has 28 heavy (non-hydrogen) atoms. The van der Waals surface area contributed by atoms with Gasteiger partial charge in [-0.2, -0.15) is 0 Å². The van der Waals surface area contributed by atoms with Crippen LogP contribution in [0.4, 0.5) is 5.69 Å². The number of carbonyl (C=O) groups excluding carboxylic acids is 2. The van der Waals surface area contributed by atoms with Crippen LogP contribution in [0.25, 0.3) is 0 Å². The van der Waals surface area contributed by atoms with Gasteiger partial charge in [0.15, 0.2) is 0 Å². The minimum absolute atomic E-state index is 0.00842. The molecule has 0 spiro atoms. The molecule has 0 unspecified atom stereocenters. The Balaban J connectivity index is 1.46. The summed E-state index contributed by atoms with van der Waals surface area (Å²) in [4.78, 5) is 29.0. The van der Waals surface area contributed by atoms with Gasteiger partial charge in [-0.25, -0.2) is 4.79 Å². The fourth-order valence-corrected chi connectivity index (χ4v) is 4.14. The third kappa shape index (κ3) is 3.80. The number of anilines is 1. The Morgan fingerprint density at radius 3 is 2.36 bits per heavy atom. The molecule has 0 N–H and O–H groups in total. The number of rotatable bonds is 4. The largest absolute Gasteiger partial charge is 0.465 e. The minimum atomic E-state index is -0.350. The van der Waals surface area contributed by atoms with Gasteiger partial charge in [0, 0.05) is 24.3 Å². The van der Waals surface area contributed by atoms with E-state index in [1.165, 1.54) is 45.0 Å². The van der Waals surface area contributed by atoms with Gasteiger partial charge in [0.2, 0.25) is 0 Å². The van der Waals surface area contributed by atoms with E-state index < -0.39 is 0 Å². The highest BCUT2D eigenvalue weighted by atomic mass is 16.5. The first-order valence-corrected chi connectivity index (χ1v) is 10.00. The standard InChI is InChI=1S/C23H26N2O3/c1-28-23(27)20-9-10-21-19(15-20)11-14-25(21)22(26)18-7-5-17(6-8-18)16-24-12-3-2-4-13-24/h5-10,15H,2-4,11-14,16H2,1H3. The van der Waals surface area contributed by atoms with Crippen molar-refractivity contribution >= 4 is 17.6 Å². The molecule has 2 aliphatic heterocycles. The second kappa shape index (κ2) is 8.15. The third-order valence-corrected chi connectivity index (χ3v) is 5.70. The Morgan fingerprint density at radius 2 is 1.64 bits per heavy atom. The number of methoxy groups -OCH3 is 1. The van der Waals surface area contributed by atoms with E-state index in [-0.39, 0.29) is 11.9 Å². The van der Waals surface area contributed by atoms with Crippen LogP contribution >= 0.6 is 0 Å². The highest BCUT2D eigenvalue weighted by Crippen LogP contribution is 2.30. The Hall–Kier alpha value is -2.66. The summed E-state index contributed by atoms with van der Waals surface area (Å²) in [7, 11) is 1.38. The van der Waals surface area contributed by atoms with Crippen molar-refractivity contribution in [3.8, 4) is 0 Å². The highest BCUT2D eigenvalue weighted by molar-refractivity contribution is 6.07. The van der Waals surface area contributed by atoms with Crippen molar-refractivity contribution in [1.82, 2.24) is 4.90 Å². The summed E-state index contributed by atoms with van der Waals surface area (Å²) in [6, 6.07) is 13.4. The van der Waals surface area contributed by atoms with Crippen molar-refractivity contribution in [3.63, 3.8) is 0 Å². The van der Waals surface area contributed by atoms with Gasteiger partial charge in [-0.05, 0) is 73.8 Å². The third-order valence-electron chi connectivity index (χ3n) is 5.70. The summed E-state index contributed by atoms with van der Waals surface area (Å²) in [5.41, 5.74) is 4.38. The first-order chi connectivity index (χ1) is 13.7. The van der Waals surface area contributed by atoms with Crippen LogP contribution in [0.2, 0.25) is 0 Å². The van der Waals surface area contributed by atoms with Gasteiger partial charge in [0.05, 0.1) is 12.7 Å². The van der Waals surface area contributed by atoms with Crippen molar-refractivity contribution in [3.05, 3.63) is 64.7 Å². The Kier molecular flexibility index (Phi) is 5.44. The number of esters is 1. The van der Waals surface area contributed by atoms with Gasteiger partial charge in [-0.1, -0.05) is 18.6 Å². The second-order valence-corrected chi connectivity index (χ2v) is 7.58. The Morgan fingerprint density at radius 1 is 0.929 bits per heavy atom. The van der Waals surface area contributed by atoms with Gasteiger partial charge in [-0.3, -0.25) is 9.69 Å². The number of fused-ring (bicyclic) bond motifs is 1. The molecule has 2 heterocycles. The molecular weight excluding hydrogens is 352 g/mol. The lowest BCUT2D eigenvalue weighted by Crippen LogP contribution is -2.29. The molecule has 1 amide bonds. The molecule has 1 saturated heterocycles. The average Bonchev–Trinajstić information content (AvgIpc) is 3.17. The van der Waals surface area contributed by atoms with E-state index in [4.69, 9.17) is 4.74 Å². The molecule has 0 aliphatic carbocycles. The molecule has 2 aliphatic rings. The van der Waals surface area contributed by atoms with Crippen LogP contribution in [0.1, 0.15) is 51.1 Å². The maximum Gasteiger partial charge on any atom is 0.337 e. The summed E-state index contributed by atoms with van der Waals surface area (Å²) in [5.74, 6) is -0.342. The molecule has 2 aromatic carbocycles. The molecule has 0 bridgehead atoms. The van der Waals surface area contributed by atoms with Crippen molar-refractivity contribution < 1.29 is 14.3 Å². The second-order valence-electron chi connectivity index (χ2n) is 7.58. The number of amides is 1. The number of nitrogens with zero attached hydrogens (tertiary/aromatic N) is 2. The minimum Gasteiger partial charge on any atom is -0.465 e. The van der Waals surface area contributed by atoms with Crippen LogP contribution in [0.5, 0.6) is 0 Å². The number of likely N-dealkylation sites (tertiary alicyclic amines) is 1. The molecule has 5 nitrogen and oxygen atoms in total. The summed E-state index contributed by atoms with van der Waals surface area (Å²) in [6.07, 6.45) is 4.65. The predicted octanol–water partition coefficient (Wildman–Crippen LogP) is 3.66. The van der Waals surface area contributed by atoms with Crippen LogP contribution in [0.3, 0.4) is 0 Å². The first-order valence-electron chi connectivity index (χ1n) is 10.00. The summed E-state index contributed by atoms with van der Waals surface area (Å²) in [6.45, 7) is 3.92. The maximum atomic E-state index is 13.0. The monoisotopic (exact) mass is 378 g/mol. The molecule has 5 heteroatoms. The topological polar surface area (TPSA) is 49.9 Å². The molecule has 4 rings (SSSR count). The molecule has 0 aromatic heterocycles. The lowest BCUT2D eigenvalue weighted by Gasteiger charge is -2.26. The maximum absolute atomic E-state index is 13.0. The summed E-state index contributed by atoms with van der Waals surface area (Å²) in [5, 5.41) is 0. The number of hydrogen-bond donors (Lipinski definition) is 0. The molecular formula is C23H26N2O3. The number of hydrogen-bond acceptors (Lipinski definition) is 4. The molecule has 2 aromatic rings. The van der Waals surface area contributed by atoms with E-state index >= 15 is 0 Å². The zero-order valence-electron chi connectivity index (χ0n) is 16.3. The van der Waals surface area contributed by atoms with Gasteiger partial charge in [-0.15, -0.1) is 0 Å². The van der Waals surface area contributed by atoms with Crippen LogP contribution in [-0.2, 0) is 17.7 Å². The van der Waals surface area contributed by atoms with Crippen LogP contribution < -0.4 is 4.90 Å². The SMILES string of the molecule is COC(=O)c1ccc2c(c1)CCN2C(=O)c1ccc(CN2CCCCC2)cc1. The zero-order chi connectivity index (χ0) is 19.5. The molecule has 0 saturated carbocycles. The summed E-state index contributed by atoms with van der Waals surface area (Å²) >= 11 is 0. The Bertz CT molecular complexity index is 870. The van der Waals surface area contributed by atoms with E-state index in [1.807, 2.05) is 24.3 Å². The number of carbonyl (C=O) groups is 2. The van der Waals surface area contributed by atoms with E-state index in [0.29, 0.717) is 17.7 Å². The number of benzene rings is 2. The lowest BCUT2D eigenvalue weighted by molar-refractivity contribution is 0.0600. The fraction of sp³-hybridized carbons (Fsp3) is 0.391. The predicted molar refractivity (Wildman–Crippen MR) is 109 cm³/mol. The van der Waals surface area contributed by atoms with E-state index in [2.05, 4.69) is 17.0 Å². The molecule has 0 atom stereocenters. The smallest absolute Gasteiger partial charge is 0.337 e. The van der Waals surface area contributed by atoms with Crippen LogP contribution in [0, 0.1) is 0 Å². The van der Waals surface area contributed by atoms with E-state index in [0.717, 1.165) is 24.2 Å². The number of ether oxygens (including phenoxy) is 1. The normalized spacial score (nSPS) is 16.7. The average molecular weight is 378 g/mol. The molecule has 1 fully saturated rings. The molecule has 0 radical (unpaired) electrons. The van der Waals surface area contributed by atoms with Gasteiger partial charge < -0.3 is 9.64 Å². The summed E-state index contributed by atoms with van der Waals surface area (Å²) < 4.78 is 4.78. The fourth-order valence-electron chi connectivity index (χ4n) is 4.14. The highest BCUT2D eigenvalue weighted by Gasteiger charge is 2.26. The Labute approximate surface area is 165 Å². The van der Waals surface area contributed by atoms with Gasteiger partial charge in [0.1, 0.15) is 0 Å². The van der Waals surface area contributed by atoms with Crippen molar-refractivity contribution in [2.45, 2.75) is 32.2 Å². The van der Waals surface area contributed by atoms with Crippen molar-refractivity contribution in [2.75, 3.05) is 31.6 Å². The van der Waals surface area contributed by atoms with Crippen LogP contribution in [0.15, 0.2) is 42.5 Å². The quantitative estimate of drug-likeness (QED) is 0.762. The number of piperidine rings is 1.